The van der Waals surface area contributed by atoms with Crippen molar-refractivity contribution in [2.24, 2.45) is 0 Å². The Kier molecular flexibility index (Phi) is 5.52. The van der Waals surface area contributed by atoms with Gasteiger partial charge in [0.15, 0.2) is 0 Å². The number of benzene rings is 2. The van der Waals surface area contributed by atoms with E-state index in [1.807, 2.05) is 0 Å². The van der Waals surface area contributed by atoms with Gasteiger partial charge in [-0.1, -0.05) is 12.1 Å². The number of hydrogen-bond acceptors (Lipinski definition) is 4. The van der Waals surface area contributed by atoms with Crippen molar-refractivity contribution in [2.45, 2.75) is 31.0 Å². The van der Waals surface area contributed by atoms with E-state index in [0.29, 0.717) is 31.5 Å². The summed E-state index contributed by atoms with van der Waals surface area (Å²) >= 11 is 0. The van der Waals surface area contributed by atoms with E-state index < -0.39 is 11.7 Å². The van der Waals surface area contributed by atoms with Crippen molar-refractivity contribution in [3.05, 3.63) is 65.7 Å². The first-order chi connectivity index (χ1) is 13.9. The largest absolute Gasteiger partial charge is 0.444 e. The van der Waals surface area contributed by atoms with Gasteiger partial charge in [-0.3, -0.25) is 4.90 Å². The van der Waals surface area contributed by atoms with Crippen molar-refractivity contribution in [2.75, 3.05) is 31.1 Å². The minimum absolute atomic E-state index is 0.217. The molecule has 0 aromatic heterocycles. The van der Waals surface area contributed by atoms with E-state index >= 15 is 0 Å². The molecule has 2 aliphatic heterocycles. The van der Waals surface area contributed by atoms with Gasteiger partial charge in [0.2, 0.25) is 0 Å². The van der Waals surface area contributed by atoms with E-state index in [1.165, 1.54) is 29.2 Å². The molecule has 0 aliphatic carbocycles. The predicted octanol–water partition coefficient (Wildman–Crippen LogP) is 3.66. The van der Waals surface area contributed by atoms with Crippen molar-refractivity contribution in [3.8, 4) is 0 Å². The Morgan fingerprint density at radius 3 is 2.21 bits per heavy atom. The van der Waals surface area contributed by atoms with E-state index in [0.717, 1.165) is 25.2 Å². The molecule has 2 saturated heterocycles. The molecule has 1 N–H and O–H groups in total. The van der Waals surface area contributed by atoms with Crippen LogP contribution in [0.5, 0.6) is 0 Å². The molecule has 0 bridgehead atoms. The lowest BCUT2D eigenvalue weighted by molar-refractivity contribution is -0.0276. The molecule has 2 heterocycles. The highest BCUT2D eigenvalue weighted by atomic mass is 19.1. The highest BCUT2D eigenvalue weighted by molar-refractivity contribution is 5.89. The third-order valence-corrected chi connectivity index (χ3v) is 5.84. The highest BCUT2D eigenvalue weighted by Gasteiger charge is 2.36. The third kappa shape index (κ3) is 4.41. The molecule has 154 valence electrons. The van der Waals surface area contributed by atoms with Crippen LogP contribution in [0.3, 0.4) is 0 Å². The molecule has 2 aromatic carbocycles. The fraction of sp³-hybridized carbons (Fsp3) is 0.409. The zero-order valence-corrected chi connectivity index (χ0v) is 16.1. The third-order valence-electron chi connectivity index (χ3n) is 5.84. The summed E-state index contributed by atoms with van der Waals surface area (Å²) in [5.74, 6) is -0.654. The van der Waals surface area contributed by atoms with E-state index in [-0.39, 0.29) is 17.7 Å². The topological polar surface area (TPSA) is 53.0 Å². The Morgan fingerprint density at radius 2 is 1.59 bits per heavy atom. The Bertz CT molecular complexity index is 849. The van der Waals surface area contributed by atoms with Crippen LogP contribution >= 0.6 is 0 Å². The van der Waals surface area contributed by atoms with E-state index in [1.54, 1.807) is 24.3 Å². The SMILES string of the molecule is O=C1OC(CCN2CCC(O)(c3ccc(F)cc3)CC2)CN1c1ccc(F)cc1. The Balaban J connectivity index is 1.27. The van der Waals surface area contributed by atoms with Gasteiger partial charge in [0.05, 0.1) is 12.1 Å². The number of anilines is 1. The molecule has 29 heavy (non-hydrogen) atoms. The molecular formula is C22H24F2N2O3. The minimum Gasteiger partial charge on any atom is -0.444 e. The second-order valence-electron chi connectivity index (χ2n) is 7.76. The van der Waals surface area contributed by atoms with Gasteiger partial charge in [0.25, 0.3) is 0 Å². The fourth-order valence-electron chi connectivity index (χ4n) is 4.03. The number of amides is 1. The molecule has 0 radical (unpaired) electrons. The Hall–Kier alpha value is -2.51. The van der Waals surface area contributed by atoms with Crippen molar-refractivity contribution >= 4 is 11.8 Å². The number of halogens is 2. The maximum absolute atomic E-state index is 13.1. The second kappa shape index (κ2) is 8.08. The van der Waals surface area contributed by atoms with Crippen LogP contribution in [-0.2, 0) is 10.3 Å². The Morgan fingerprint density at radius 1 is 1.00 bits per heavy atom. The zero-order chi connectivity index (χ0) is 20.4. The maximum Gasteiger partial charge on any atom is 0.414 e. The molecule has 1 unspecified atom stereocenters. The highest BCUT2D eigenvalue weighted by Crippen LogP contribution is 2.33. The summed E-state index contributed by atoms with van der Waals surface area (Å²) in [5.41, 5.74) is 0.447. The molecule has 5 nitrogen and oxygen atoms in total. The fourth-order valence-corrected chi connectivity index (χ4v) is 4.03. The molecule has 0 spiro atoms. The van der Waals surface area contributed by atoms with Crippen LogP contribution in [0.15, 0.2) is 48.5 Å². The lowest BCUT2D eigenvalue weighted by atomic mass is 9.84. The summed E-state index contributed by atoms with van der Waals surface area (Å²) in [5, 5.41) is 10.9. The number of hydrogen-bond donors (Lipinski definition) is 1. The first kappa shape index (κ1) is 19.8. The number of aliphatic hydroxyl groups is 1. The summed E-state index contributed by atoms with van der Waals surface area (Å²) < 4.78 is 31.7. The first-order valence-electron chi connectivity index (χ1n) is 9.87. The van der Waals surface area contributed by atoms with E-state index in [9.17, 15) is 18.7 Å². The second-order valence-corrected chi connectivity index (χ2v) is 7.76. The van der Waals surface area contributed by atoms with Crippen LogP contribution in [0, 0.1) is 11.6 Å². The van der Waals surface area contributed by atoms with Gasteiger partial charge in [-0.25, -0.2) is 13.6 Å². The van der Waals surface area contributed by atoms with Crippen LogP contribution in [0.4, 0.5) is 19.3 Å². The van der Waals surface area contributed by atoms with Gasteiger partial charge < -0.3 is 14.7 Å². The molecule has 4 rings (SSSR count). The van der Waals surface area contributed by atoms with Crippen molar-refractivity contribution < 1.29 is 23.4 Å². The summed E-state index contributed by atoms with van der Waals surface area (Å²) in [6.45, 7) is 2.64. The van der Waals surface area contributed by atoms with Gasteiger partial charge >= 0.3 is 6.09 Å². The smallest absolute Gasteiger partial charge is 0.414 e. The summed E-state index contributed by atoms with van der Waals surface area (Å²) in [6.07, 6.45) is 1.21. The molecule has 1 amide bonds. The van der Waals surface area contributed by atoms with Crippen LogP contribution in [-0.4, -0.2) is 48.4 Å². The van der Waals surface area contributed by atoms with E-state index in [2.05, 4.69) is 4.90 Å². The van der Waals surface area contributed by atoms with Gasteiger partial charge in [0.1, 0.15) is 17.7 Å². The van der Waals surface area contributed by atoms with Crippen LogP contribution in [0.25, 0.3) is 0 Å². The number of carbonyl (C=O) groups is 1. The molecule has 2 fully saturated rings. The predicted molar refractivity (Wildman–Crippen MR) is 105 cm³/mol. The van der Waals surface area contributed by atoms with Crippen LogP contribution in [0.2, 0.25) is 0 Å². The lowest BCUT2D eigenvalue weighted by Crippen LogP contribution is -2.43. The molecular weight excluding hydrogens is 378 g/mol. The summed E-state index contributed by atoms with van der Waals surface area (Å²) in [7, 11) is 0. The van der Waals surface area contributed by atoms with Crippen LogP contribution in [0.1, 0.15) is 24.8 Å². The molecule has 2 aromatic rings. The van der Waals surface area contributed by atoms with Gasteiger partial charge in [-0.05, 0) is 61.2 Å². The number of nitrogens with zero attached hydrogens (tertiary/aromatic N) is 2. The Labute approximate surface area is 168 Å². The number of cyclic esters (lactones) is 1. The van der Waals surface area contributed by atoms with Crippen molar-refractivity contribution in [3.63, 3.8) is 0 Å². The van der Waals surface area contributed by atoms with E-state index in [4.69, 9.17) is 4.74 Å². The number of rotatable bonds is 5. The zero-order valence-electron chi connectivity index (χ0n) is 16.1. The quantitative estimate of drug-likeness (QED) is 0.829. The number of carbonyl (C=O) groups excluding carboxylic acids is 1. The first-order valence-corrected chi connectivity index (χ1v) is 9.87. The normalized spacial score (nSPS) is 22.0. The minimum atomic E-state index is -0.927. The molecule has 0 saturated carbocycles. The van der Waals surface area contributed by atoms with Gasteiger partial charge in [-0.15, -0.1) is 0 Å². The van der Waals surface area contributed by atoms with Gasteiger partial charge in [-0.2, -0.15) is 0 Å². The van der Waals surface area contributed by atoms with Crippen molar-refractivity contribution in [1.82, 2.24) is 4.90 Å². The van der Waals surface area contributed by atoms with Crippen molar-refractivity contribution in [1.29, 1.82) is 0 Å². The molecule has 2 aliphatic rings. The van der Waals surface area contributed by atoms with Crippen LogP contribution < -0.4 is 4.90 Å². The number of ether oxygens (including phenoxy) is 1. The summed E-state index contributed by atoms with van der Waals surface area (Å²) in [4.78, 5) is 15.9. The number of piperidine rings is 1. The lowest BCUT2D eigenvalue weighted by Gasteiger charge is -2.38. The average Bonchev–Trinajstić information content (AvgIpc) is 3.09. The number of likely N-dealkylation sites (tertiary alicyclic amines) is 1. The van der Waals surface area contributed by atoms with Gasteiger partial charge in [0, 0.05) is 25.3 Å². The summed E-state index contributed by atoms with van der Waals surface area (Å²) in [6, 6.07) is 11.8. The maximum atomic E-state index is 13.1. The molecule has 7 heteroatoms. The monoisotopic (exact) mass is 402 g/mol. The molecule has 1 atom stereocenters. The average molecular weight is 402 g/mol. The standard InChI is InChI=1S/C22H24F2N2O3/c23-17-3-1-16(2-4-17)22(28)10-13-25(14-11-22)12-9-20-15-26(21(27)29-20)19-7-5-18(24)6-8-19/h1-8,20,28H,9-15H2.